The largest absolute Gasteiger partial charge is 0.385 e. The number of thioether (sulfide) groups is 1. The van der Waals surface area contributed by atoms with Crippen molar-refractivity contribution in [3.63, 3.8) is 0 Å². The van der Waals surface area contributed by atoms with E-state index in [0.717, 1.165) is 12.0 Å². The number of rotatable bonds is 10. The van der Waals surface area contributed by atoms with Crippen molar-refractivity contribution in [2.24, 2.45) is 0 Å². The standard InChI is InChI=1S/C22H24ClN3O3S/c1-29-14-4-13-26-21(28)18-5-2-3-6-19(18)25-22(26)30-15-20(27)24-12-11-16-7-9-17(23)10-8-16/h2-3,5-10H,4,11-15H2,1H3,(H,24,27). The Labute approximate surface area is 184 Å². The second-order valence-corrected chi connectivity index (χ2v) is 8.11. The van der Waals surface area contributed by atoms with Gasteiger partial charge in [0.1, 0.15) is 0 Å². The van der Waals surface area contributed by atoms with Gasteiger partial charge in [0.2, 0.25) is 5.91 Å². The predicted molar refractivity (Wildman–Crippen MR) is 121 cm³/mol. The van der Waals surface area contributed by atoms with Gasteiger partial charge in [-0.15, -0.1) is 0 Å². The lowest BCUT2D eigenvalue weighted by Crippen LogP contribution is -2.28. The SMILES string of the molecule is COCCCn1c(SCC(=O)NCCc2ccc(Cl)cc2)nc2ccccc2c1=O. The van der Waals surface area contributed by atoms with Crippen molar-refractivity contribution in [1.29, 1.82) is 0 Å². The molecule has 1 heterocycles. The number of hydrogen-bond donors (Lipinski definition) is 1. The monoisotopic (exact) mass is 445 g/mol. The van der Waals surface area contributed by atoms with E-state index in [1.807, 2.05) is 42.5 Å². The lowest BCUT2D eigenvalue weighted by Gasteiger charge is -2.13. The van der Waals surface area contributed by atoms with E-state index < -0.39 is 0 Å². The molecule has 1 aromatic heterocycles. The topological polar surface area (TPSA) is 73.2 Å². The molecular weight excluding hydrogens is 422 g/mol. The van der Waals surface area contributed by atoms with Crippen LogP contribution in [0.5, 0.6) is 0 Å². The number of carbonyl (C=O) groups is 1. The lowest BCUT2D eigenvalue weighted by atomic mass is 10.1. The fourth-order valence-electron chi connectivity index (χ4n) is 3.00. The van der Waals surface area contributed by atoms with Crippen molar-refractivity contribution in [1.82, 2.24) is 14.9 Å². The number of halogens is 1. The predicted octanol–water partition coefficient (Wildman–Crippen LogP) is 3.54. The second-order valence-electron chi connectivity index (χ2n) is 6.73. The summed E-state index contributed by atoms with van der Waals surface area (Å²) in [7, 11) is 1.63. The average Bonchev–Trinajstić information content (AvgIpc) is 2.75. The third-order valence-electron chi connectivity index (χ3n) is 4.54. The van der Waals surface area contributed by atoms with Crippen LogP contribution in [0.4, 0.5) is 0 Å². The minimum Gasteiger partial charge on any atom is -0.385 e. The van der Waals surface area contributed by atoms with E-state index in [2.05, 4.69) is 10.3 Å². The van der Waals surface area contributed by atoms with E-state index >= 15 is 0 Å². The minimum absolute atomic E-state index is 0.0950. The first-order valence-electron chi connectivity index (χ1n) is 9.71. The molecule has 0 aliphatic rings. The van der Waals surface area contributed by atoms with Gasteiger partial charge in [-0.3, -0.25) is 14.2 Å². The van der Waals surface area contributed by atoms with Crippen LogP contribution in [0.1, 0.15) is 12.0 Å². The van der Waals surface area contributed by atoms with Crippen LogP contribution in [0.2, 0.25) is 5.02 Å². The molecule has 0 spiro atoms. The van der Waals surface area contributed by atoms with Gasteiger partial charge in [-0.1, -0.05) is 47.6 Å². The highest BCUT2D eigenvalue weighted by molar-refractivity contribution is 7.99. The summed E-state index contributed by atoms with van der Waals surface area (Å²) < 4.78 is 6.73. The average molecular weight is 446 g/mol. The van der Waals surface area contributed by atoms with Crippen LogP contribution in [0, 0.1) is 0 Å². The van der Waals surface area contributed by atoms with Crippen LogP contribution in [0.15, 0.2) is 58.5 Å². The Bertz CT molecular complexity index is 1050. The van der Waals surface area contributed by atoms with Crippen LogP contribution in [-0.4, -0.2) is 41.5 Å². The molecule has 0 saturated heterocycles. The number of carbonyl (C=O) groups excluding carboxylic acids is 1. The zero-order chi connectivity index (χ0) is 21.3. The first-order chi connectivity index (χ1) is 14.6. The molecule has 6 nitrogen and oxygen atoms in total. The quantitative estimate of drug-likeness (QED) is 0.293. The highest BCUT2D eigenvalue weighted by Crippen LogP contribution is 2.18. The summed E-state index contributed by atoms with van der Waals surface area (Å²) in [6, 6.07) is 14.8. The number of para-hydroxylation sites is 1. The number of methoxy groups -OCH3 is 1. The van der Waals surface area contributed by atoms with Gasteiger partial charge in [-0.25, -0.2) is 4.98 Å². The molecule has 0 aliphatic carbocycles. The number of hydrogen-bond acceptors (Lipinski definition) is 5. The molecule has 1 amide bonds. The zero-order valence-electron chi connectivity index (χ0n) is 16.8. The number of fused-ring (bicyclic) bond motifs is 1. The number of ether oxygens (including phenoxy) is 1. The Morgan fingerprint density at radius 1 is 1.20 bits per heavy atom. The molecule has 0 radical (unpaired) electrons. The van der Waals surface area contributed by atoms with Crippen molar-refractivity contribution in [3.05, 3.63) is 69.5 Å². The molecule has 0 bridgehead atoms. The van der Waals surface area contributed by atoms with E-state index in [1.54, 1.807) is 17.7 Å². The molecule has 0 unspecified atom stereocenters. The molecule has 8 heteroatoms. The van der Waals surface area contributed by atoms with E-state index in [1.165, 1.54) is 11.8 Å². The third kappa shape index (κ3) is 6.08. The molecule has 0 saturated carbocycles. The fraction of sp³-hybridized carbons (Fsp3) is 0.318. The van der Waals surface area contributed by atoms with Gasteiger partial charge in [0, 0.05) is 31.8 Å². The van der Waals surface area contributed by atoms with Gasteiger partial charge in [0.25, 0.3) is 5.56 Å². The summed E-state index contributed by atoms with van der Waals surface area (Å²) in [5.74, 6) is 0.0928. The Morgan fingerprint density at radius 2 is 1.97 bits per heavy atom. The maximum absolute atomic E-state index is 12.9. The van der Waals surface area contributed by atoms with Gasteiger partial charge in [-0.2, -0.15) is 0 Å². The second kappa shape index (κ2) is 11.2. The van der Waals surface area contributed by atoms with E-state index in [0.29, 0.717) is 47.2 Å². The Morgan fingerprint density at radius 3 is 2.73 bits per heavy atom. The van der Waals surface area contributed by atoms with Crippen molar-refractivity contribution < 1.29 is 9.53 Å². The van der Waals surface area contributed by atoms with Gasteiger partial charge < -0.3 is 10.1 Å². The molecule has 1 N–H and O–H groups in total. The van der Waals surface area contributed by atoms with Gasteiger partial charge >= 0.3 is 0 Å². The summed E-state index contributed by atoms with van der Waals surface area (Å²) in [5, 5.41) is 4.72. The van der Waals surface area contributed by atoms with Crippen LogP contribution in [0.3, 0.4) is 0 Å². The van der Waals surface area contributed by atoms with Crippen LogP contribution < -0.4 is 10.9 Å². The molecule has 3 aromatic rings. The highest BCUT2D eigenvalue weighted by Gasteiger charge is 2.13. The van der Waals surface area contributed by atoms with E-state index in [4.69, 9.17) is 16.3 Å². The number of aromatic nitrogens is 2. The van der Waals surface area contributed by atoms with Gasteiger partial charge in [0.05, 0.1) is 16.7 Å². The highest BCUT2D eigenvalue weighted by atomic mass is 35.5. The number of benzene rings is 2. The van der Waals surface area contributed by atoms with Crippen molar-refractivity contribution in [3.8, 4) is 0 Å². The van der Waals surface area contributed by atoms with Crippen molar-refractivity contribution in [2.45, 2.75) is 24.5 Å². The van der Waals surface area contributed by atoms with E-state index in [9.17, 15) is 9.59 Å². The van der Waals surface area contributed by atoms with Gasteiger partial charge in [0.15, 0.2) is 5.16 Å². The first-order valence-corrected chi connectivity index (χ1v) is 11.1. The molecule has 3 rings (SSSR count). The summed E-state index contributed by atoms with van der Waals surface area (Å²) in [5.41, 5.74) is 1.65. The summed E-state index contributed by atoms with van der Waals surface area (Å²) >= 11 is 7.16. The van der Waals surface area contributed by atoms with Crippen LogP contribution >= 0.6 is 23.4 Å². The Kier molecular flexibility index (Phi) is 8.30. The molecule has 0 fully saturated rings. The van der Waals surface area contributed by atoms with Crippen molar-refractivity contribution >= 4 is 40.2 Å². The number of nitrogens with zero attached hydrogens (tertiary/aromatic N) is 2. The molecule has 0 atom stereocenters. The fourth-order valence-corrected chi connectivity index (χ4v) is 3.98. The summed E-state index contributed by atoms with van der Waals surface area (Å²) in [4.78, 5) is 29.8. The first kappa shape index (κ1) is 22.3. The van der Waals surface area contributed by atoms with E-state index in [-0.39, 0.29) is 17.2 Å². The minimum atomic E-state index is -0.0974. The van der Waals surface area contributed by atoms with Crippen LogP contribution in [0.25, 0.3) is 10.9 Å². The number of nitrogens with one attached hydrogen (secondary N) is 1. The Balaban J connectivity index is 1.63. The molecule has 0 aliphatic heterocycles. The number of amides is 1. The molecular formula is C22H24ClN3O3S. The molecule has 2 aromatic carbocycles. The summed E-state index contributed by atoms with van der Waals surface area (Å²) in [6.07, 6.45) is 1.42. The third-order valence-corrected chi connectivity index (χ3v) is 5.77. The van der Waals surface area contributed by atoms with Crippen molar-refractivity contribution in [2.75, 3.05) is 26.0 Å². The normalized spacial score (nSPS) is 11.0. The zero-order valence-corrected chi connectivity index (χ0v) is 18.3. The molecule has 158 valence electrons. The summed E-state index contributed by atoms with van der Waals surface area (Å²) in [6.45, 7) is 1.58. The molecule has 30 heavy (non-hydrogen) atoms. The maximum atomic E-state index is 12.9. The maximum Gasteiger partial charge on any atom is 0.262 e. The Hall–Kier alpha value is -2.35. The smallest absolute Gasteiger partial charge is 0.262 e. The lowest BCUT2D eigenvalue weighted by molar-refractivity contribution is -0.118. The van der Waals surface area contributed by atoms with Gasteiger partial charge in [-0.05, 0) is 42.7 Å². The van der Waals surface area contributed by atoms with Crippen LogP contribution in [-0.2, 0) is 22.5 Å².